The summed E-state index contributed by atoms with van der Waals surface area (Å²) in [5.74, 6) is 0.654. The van der Waals surface area contributed by atoms with Gasteiger partial charge >= 0.3 is 0 Å². The van der Waals surface area contributed by atoms with Gasteiger partial charge in [0.1, 0.15) is 11.1 Å². The van der Waals surface area contributed by atoms with Gasteiger partial charge in [-0.05, 0) is 50.3 Å². The van der Waals surface area contributed by atoms with E-state index < -0.39 is 0 Å². The molecule has 2 aromatic heterocycles. The molecule has 2 heterocycles. The van der Waals surface area contributed by atoms with Crippen molar-refractivity contribution in [3.63, 3.8) is 0 Å². The number of aryl methyl sites for hydroxylation is 1. The smallest absolute Gasteiger partial charge is 0.157 e. The van der Waals surface area contributed by atoms with Crippen LogP contribution >= 0.6 is 0 Å². The van der Waals surface area contributed by atoms with Crippen molar-refractivity contribution in [1.82, 2.24) is 4.98 Å². The van der Waals surface area contributed by atoms with E-state index >= 15 is 0 Å². The summed E-state index contributed by atoms with van der Waals surface area (Å²) >= 11 is 0. The molecule has 0 amide bonds. The van der Waals surface area contributed by atoms with Crippen molar-refractivity contribution in [2.75, 3.05) is 0 Å². The predicted octanol–water partition coefficient (Wildman–Crippen LogP) is 4.19. The first kappa shape index (κ1) is 11.9. The molecule has 0 saturated heterocycles. The van der Waals surface area contributed by atoms with Crippen LogP contribution in [0.2, 0.25) is 0 Å². The van der Waals surface area contributed by atoms with Gasteiger partial charge in [-0.2, -0.15) is 0 Å². The highest BCUT2D eigenvalue weighted by atomic mass is 16.3. The fourth-order valence-corrected chi connectivity index (χ4v) is 3.01. The van der Waals surface area contributed by atoms with Crippen LogP contribution in [0.15, 0.2) is 28.8 Å². The Morgan fingerprint density at radius 2 is 2.10 bits per heavy atom. The van der Waals surface area contributed by atoms with Crippen LogP contribution in [-0.4, -0.2) is 4.98 Å². The third-order valence-corrected chi connectivity index (χ3v) is 4.16. The van der Waals surface area contributed by atoms with Crippen LogP contribution in [0.5, 0.6) is 0 Å². The van der Waals surface area contributed by atoms with E-state index in [9.17, 15) is 0 Å². The number of benzene rings is 1. The predicted molar refractivity (Wildman–Crippen MR) is 80.8 cm³/mol. The van der Waals surface area contributed by atoms with E-state index in [2.05, 4.69) is 30.1 Å². The second-order valence-corrected chi connectivity index (χ2v) is 5.97. The molecule has 1 aliphatic rings. The summed E-state index contributed by atoms with van der Waals surface area (Å²) < 4.78 is 6.19. The molecule has 3 aromatic rings. The molecule has 1 atom stereocenters. The van der Waals surface area contributed by atoms with Gasteiger partial charge in [0.25, 0.3) is 0 Å². The van der Waals surface area contributed by atoms with Gasteiger partial charge in [0.2, 0.25) is 0 Å². The molecule has 1 aliphatic carbocycles. The Bertz CT molecular complexity index is 813. The lowest BCUT2D eigenvalue weighted by atomic mass is 10.0. The van der Waals surface area contributed by atoms with Crippen LogP contribution in [0.4, 0.5) is 0 Å². The second kappa shape index (κ2) is 4.06. The van der Waals surface area contributed by atoms with Gasteiger partial charge in [-0.15, -0.1) is 0 Å². The lowest BCUT2D eigenvalue weighted by molar-refractivity contribution is 0.648. The van der Waals surface area contributed by atoms with Crippen LogP contribution in [0, 0.1) is 6.92 Å². The van der Waals surface area contributed by atoms with Gasteiger partial charge in [-0.3, -0.25) is 4.98 Å². The zero-order valence-electron chi connectivity index (χ0n) is 11.8. The quantitative estimate of drug-likeness (QED) is 0.756. The van der Waals surface area contributed by atoms with Crippen molar-refractivity contribution in [3.8, 4) is 0 Å². The number of rotatable bonds is 2. The summed E-state index contributed by atoms with van der Waals surface area (Å²) in [4.78, 5) is 4.55. The van der Waals surface area contributed by atoms with Crippen LogP contribution in [0.25, 0.3) is 22.1 Å². The van der Waals surface area contributed by atoms with Crippen molar-refractivity contribution in [2.45, 2.75) is 38.6 Å². The Labute approximate surface area is 117 Å². The van der Waals surface area contributed by atoms with Gasteiger partial charge in [0.05, 0.1) is 0 Å². The second-order valence-electron chi connectivity index (χ2n) is 5.97. The fraction of sp³-hybridized carbons (Fsp3) is 0.353. The van der Waals surface area contributed by atoms with Crippen molar-refractivity contribution in [3.05, 3.63) is 41.1 Å². The van der Waals surface area contributed by atoms with E-state index in [0.717, 1.165) is 27.6 Å². The summed E-state index contributed by atoms with van der Waals surface area (Å²) in [5, 5.41) is 1.09. The molecule has 0 spiro atoms. The molecular formula is C17H18N2O. The highest BCUT2D eigenvalue weighted by Gasteiger charge is 2.28. The van der Waals surface area contributed by atoms with E-state index in [1.165, 1.54) is 24.0 Å². The monoisotopic (exact) mass is 266 g/mol. The van der Waals surface area contributed by atoms with Crippen LogP contribution in [0.1, 0.15) is 48.4 Å². The number of furan rings is 1. The van der Waals surface area contributed by atoms with E-state index in [1.807, 2.05) is 13.1 Å². The van der Waals surface area contributed by atoms with Crippen LogP contribution < -0.4 is 5.73 Å². The fourth-order valence-electron chi connectivity index (χ4n) is 3.01. The maximum atomic E-state index is 6.19. The molecule has 102 valence electrons. The van der Waals surface area contributed by atoms with E-state index in [0.29, 0.717) is 5.92 Å². The number of hydrogen-bond donors (Lipinski definition) is 1. The van der Waals surface area contributed by atoms with Gasteiger partial charge in [0, 0.05) is 28.8 Å². The molecule has 2 N–H and O–H groups in total. The average Bonchev–Trinajstić information content (AvgIpc) is 3.19. The molecule has 1 saturated carbocycles. The van der Waals surface area contributed by atoms with Crippen molar-refractivity contribution in [2.24, 2.45) is 5.73 Å². The maximum Gasteiger partial charge on any atom is 0.157 e. The van der Waals surface area contributed by atoms with Gasteiger partial charge < -0.3 is 10.2 Å². The molecule has 3 nitrogen and oxygen atoms in total. The number of aromatic nitrogens is 1. The Balaban J connectivity index is 2.13. The minimum Gasteiger partial charge on any atom is -0.454 e. The van der Waals surface area contributed by atoms with Gasteiger partial charge in [-0.25, -0.2) is 0 Å². The Morgan fingerprint density at radius 1 is 1.30 bits per heavy atom. The summed E-state index contributed by atoms with van der Waals surface area (Å²) in [6.07, 6.45) is 4.42. The van der Waals surface area contributed by atoms with E-state index in [-0.39, 0.29) is 6.04 Å². The minimum atomic E-state index is -0.0395. The normalized spacial score (nSPS) is 16.9. The van der Waals surface area contributed by atoms with Crippen molar-refractivity contribution >= 4 is 22.1 Å². The topological polar surface area (TPSA) is 52.0 Å². The molecular weight excluding hydrogens is 248 g/mol. The standard InChI is InChI=1S/C17H18N2O/c1-9-7-13(10(2)18)16-14(8-9)15-17(20-16)12(5-6-19-15)11-3-4-11/h5-8,10-11H,3-4,18H2,1-2H3/t10-/m1/s1. The van der Waals surface area contributed by atoms with E-state index in [1.54, 1.807) is 0 Å². The van der Waals surface area contributed by atoms with Crippen LogP contribution in [0.3, 0.4) is 0 Å². The number of nitrogens with two attached hydrogens (primary N) is 1. The highest BCUT2D eigenvalue weighted by molar-refractivity contribution is 6.05. The first-order chi connectivity index (χ1) is 9.65. The zero-order valence-corrected chi connectivity index (χ0v) is 11.8. The Kier molecular flexibility index (Phi) is 2.42. The molecule has 0 bridgehead atoms. The number of pyridine rings is 1. The summed E-state index contributed by atoms with van der Waals surface area (Å²) in [6, 6.07) is 6.33. The Morgan fingerprint density at radius 3 is 2.80 bits per heavy atom. The van der Waals surface area contributed by atoms with Gasteiger partial charge in [-0.1, -0.05) is 6.07 Å². The maximum absolute atomic E-state index is 6.19. The van der Waals surface area contributed by atoms with E-state index in [4.69, 9.17) is 10.2 Å². The molecule has 0 radical (unpaired) electrons. The number of fused-ring (bicyclic) bond motifs is 3. The van der Waals surface area contributed by atoms with Crippen molar-refractivity contribution in [1.29, 1.82) is 0 Å². The average molecular weight is 266 g/mol. The largest absolute Gasteiger partial charge is 0.454 e. The number of hydrogen-bond acceptors (Lipinski definition) is 3. The van der Waals surface area contributed by atoms with Crippen LogP contribution in [-0.2, 0) is 0 Å². The number of nitrogens with zero attached hydrogens (tertiary/aromatic N) is 1. The van der Waals surface area contributed by atoms with Gasteiger partial charge in [0.15, 0.2) is 5.58 Å². The highest BCUT2D eigenvalue weighted by Crippen LogP contribution is 2.45. The molecule has 0 unspecified atom stereocenters. The summed E-state index contributed by atoms with van der Waals surface area (Å²) in [7, 11) is 0. The molecule has 0 aliphatic heterocycles. The summed E-state index contributed by atoms with van der Waals surface area (Å²) in [5.41, 5.74) is 12.5. The minimum absolute atomic E-state index is 0.0395. The molecule has 1 fully saturated rings. The zero-order chi connectivity index (χ0) is 13.9. The molecule has 20 heavy (non-hydrogen) atoms. The summed E-state index contributed by atoms with van der Waals surface area (Å²) in [6.45, 7) is 4.09. The third kappa shape index (κ3) is 1.66. The first-order valence-corrected chi connectivity index (χ1v) is 7.22. The lowest BCUT2D eigenvalue weighted by Gasteiger charge is -2.07. The SMILES string of the molecule is Cc1cc([C@@H](C)N)c2oc3c(C4CC4)ccnc3c2c1. The lowest BCUT2D eigenvalue weighted by Crippen LogP contribution is -2.05. The Hall–Kier alpha value is -1.87. The van der Waals surface area contributed by atoms with Crippen molar-refractivity contribution < 1.29 is 4.42 Å². The molecule has 1 aromatic carbocycles. The molecule has 3 heteroatoms. The molecule has 4 rings (SSSR count). The third-order valence-electron chi connectivity index (χ3n) is 4.16. The first-order valence-electron chi connectivity index (χ1n) is 7.22.